The van der Waals surface area contributed by atoms with Crippen LogP contribution in [0.4, 0.5) is 5.69 Å². The summed E-state index contributed by atoms with van der Waals surface area (Å²) >= 11 is 0. The van der Waals surface area contributed by atoms with E-state index in [1.165, 1.54) is 6.07 Å². The van der Waals surface area contributed by atoms with Crippen molar-refractivity contribution in [3.05, 3.63) is 53.7 Å². The molecule has 1 aromatic carbocycles. The van der Waals surface area contributed by atoms with E-state index < -0.39 is 5.97 Å². The molecule has 154 valence electrons. The first kappa shape index (κ1) is 19.7. The third kappa shape index (κ3) is 4.68. The molecule has 29 heavy (non-hydrogen) atoms. The fourth-order valence-corrected chi connectivity index (χ4v) is 3.64. The lowest BCUT2D eigenvalue weighted by Gasteiger charge is -2.40. The standard InChI is InChI=1S/C22H26N2O5/c25-21(26)18-8-9-19(24-10-4-5-11-24)20(23-18)29-16-22(14-28-15-22)13-27-12-17-6-2-1-3-7-17/h1-3,6-9H,4-5,10-16H2,(H,25,26). The van der Waals surface area contributed by atoms with Crippen LogP contribution in [0.2, 0.25) is 0 Å². The zero-order chi connectivity index (χ0) is 20.1. The molecule has 0 unspecified atom stereocenters. The van der Waals surface area contributed by atoms with Crippen LogP contribution in [0, 0.1) is 5.41 Å². The van der Waals surface area contributed by atoms with Gasteiger partial charge in [0.25, 0.3) is 0 Å². The van der Waals surface area contributed by atoms with Gasteiger partial charge in [-0.3, -0.25) is 0 Å². The number of hydrogen-bond acceptors (Lipinski definition) is 6. The molecule has 2 fully saturated rings. The van der Waals surface area contributed by atoms with E-state index in [0.29, 0.717) is 38.9 Å². The highest BCUT2D eigenvalue weighted by molar-refractivity contribution is 5.86. The van der Waals surface area contributed by atoms with Crippen molar-refractivity contribution in [2.24, 2.45) is 5.41 Å². The van der Waals surface area contributed by atoms with Crippen molar-refractivity contribution >= 4 is 11.7 Å². The first-order valence-corrected chi connectivity index (χ1v) is 9.97. The maximum Gasteiger partial charge on any atom is 0.354 e. The minimum atomic E-state index is -1.06. The number of anilines is 1. The Bertz CT molecular complexity index is 832. The number of hydrogen-bond donors (Lipinski definition) is 1. The van der Waals surface area contributed by atoms with Crippen molar-refractivity contribution in [3.8, 4) is 5.88 Å². The van der Waals surface area contributed by atoms with Crippen molar-refractivity contribution in [1.82, 2.24) is 4.98 Å². The predicted octanol–water partition coefficient (Wildman–Crippen LogP) is 2.99. The van der Waals surface area contributed by atoms with E-state index in [2.05, 4.69) is 9.88 Å². The maximum absolute atomic E-state index is 11.4. The Morgan fingerprint density at radius 2 is 1.86 bits per heavy atom. The third-order valence-electron chi connectivity index (χ3n) is 5.36. The van der Waals surface area contributed by atoms with Gasteiger partial charge in [0.1, 0.15) is 6.61 Å². The van der Waals surface area contributed by atoms with E-state index in [1.807, 2.05) is 30.3 Å². The Morgan fingerprint density at radius 1 is 1.10 bits per heavy atom. The number of rotatable bonds is 9. The van der Waals surface area contributed by atoms with Gasteiger partial charge in [0.2, 0.25) is 5.88 Å². The van der Waals surface area contributed by atoms with Gasteiger partial charge in [0.05, 0.1) is 37.5 Å². The van der Waals surface area contributed by atoms with Crippen molar-refractivity contribution in [1.29, 1.82) is 0 Å². The van der Waals surface area contributed by atoms with Crippen molar-refractivity contribution in [2.75, 3.05) is 44.4 Å². The molecule has 7 heteroatoms. The van der Waals surface area contributed by atoms with E-state index >= 15 is 0 Å². The third-order valence-corrected chi connectivity index (χ3v) is 5.36. The summed E-state index contributed by atoms with van der Waals surface area (Å²) in [5, 5.41) is 9.30. The first-order chi connectivity index (χ1) is 14.2. The van der Waals surface area contributed by atoms with E-state index in [-0.39, 0.29) is 11.1 Å². The van der Waals surface area contributed by atoms with Crippen LogP contribution in [0.1, 0.15) is 28.9 Å². The normalized spacial score (nSPS) is 17.7. The van der Waals surface area contributed by atoms with Crippen LogP contribution in [0.5, 0.6) is 5.88 Å². The molecule has 4 rings (SSSR count). The molecule has 2 aromatic rings. The largest absolute Gasteiger partial charge is 0.477 e. The molecule has 7 nitrogen and oxygen atoms in total. The molecule has 1 aromatic heterocycles. The fraction of sp³-hybridized carbons (Fsp3) is 0.455. The topological polar surface area (TPSA) is 81.1 Å². The Balaban J connectivity index is 1.42. The summed E-state index contributed by atoms with van der Waals surface area (Å²) in [6.45, 7) is 4.39. The summed E-state index contributed by atoms with van der Waals surface area (Å²) in [6.07, 6.45) is 2.23. The van der Waals surface area contributed by atoms with E-state index in [4.69, 9.17) is 14.2 Å². The molecule has 0 atom stereocenters. The van der Waals surface area contributed by atoms with Gasteiger partial charge in [-0.2, -0.15) is 0 Å². The van der Waals surface area contributed by atoms with E-state index in [9.17, 15) is 9.90 Å². The van der Waals surface area contributed by atoms with Crippen LogP contribution >= 0.6 is 0 Å². The van der Waals surface area contributed by atoms with Crippen molar-refractivity contribution in [3.63, 3.8) is 0 Å². The molecule has 0 saturated carbocycles. The number of aromatic nitrogens is 1. The number of nitrogens with zero attached hydrogens (tertiary/aromatic N) is 2. The van der Waals surface area contributed by atoms with Crippen LogP contribution in [-0.2, 0) is 16.1 Å². The first-order valence-electron chi connectivity index (χ1n) is 9.97. The highest BCUT2D eigenvalue weighted by Crippen LogP contribution is 2.33. The van der Waals surface area contributed by atoms with Crippen LogP contribution in [0.25, 0.3) is 0 Å². The minimum absolute atomic E-state index is 0.0119. The molecule has 0 spiro atoms. The fourth-order valence-electron chi connectivity index (χ4n) is 3.64. The van der Waals surface area contributed by atoms with Crippen LogP contribution in [0.15, 0.2) is 42.5 Å². The second-order valence-electron chi connectivity index (χ2n) is 7.78. The molecule has 1 N–H and O–H groups in total. The average Bonchev–Trinajstić information content (AvgIpc) is 3.24. The van der Waals surface area contributed by atoms with Gasteiger partial charge in [-0.1, -0.05) is 30.3 Å². The Kier molecular flexibility index (Phi) is 5.97. The molecule has 3 heterocycles. The molecule has 0 radical (unpaired) electrons. The lowest BCUT2D eigenvalue weighted by molar-refractivity contribution is -0.166. The number of carboxylic acid groups (broad SMARTS) is 1. The second kappa shape index (κ2) is 8.80. The molecule has 2 aliphatic rings. The van der Waals surface area contributed by atoms with Gasteiger partial charge < -0.3 is 24.2 Å². The highest BCUT2D eigenvalue weighted by Gasteiger charge is 2.40. The summed E-state index contributed by atoms with van der Waals surface area (Å²) in [5.74, 6) is -0.683. The monoisotopic (exact) mass is 398 g/mol. The minimum Gasteiger partial charge on any atom is -0.477 e. The molecular formula is C22H26N2O5. The number of carbonyl (C=O) groups is 1. The van der Waals surface area contributed by atoms with Gasteiger partial charge in [0.15, 0.2) is 5.69 Å². The van der Waals surface area contributed by atoms with Crippen molar-refractivity contribution < 1.29 is 24.1 Å². The van der Waals surface area contributed by atoms with Gasteiger partial charge in [0, 0.05) is 13.1 Å². The zero-order valence-corrected chi connectivity index (χ0v) is 16.4. The van der Waals surface area contributed by atoms with Gasteiger partial charge in [-0.05, 0) is 30.5 Å². The summed E-state index contributed by atoms with van der Waals surface area (Å²) in [6, 6.07) is 13.4. The smallest absolute Gasteiger partial charge is 0.354 e. The molecule has 0 aliphatic carbocycles. The summed E-state index contributed by atoms with van der Waals surface area (Å²) in [7, 11) is 0. The van der Waals surface area contributed by atoms with Crippen molar-refractivity contribution in [2.45, 2.75) is 19.4 Å². The highest BCUT2D eigenvalue weighted by atomic mass is 16.5. The SMILES string of the molecule is O=C(O)c1ccc(N2CCCC2)c(OCC2(COCc3ccccc3)COC2)n1. The summed E-state index contributed by atoms with van der Waals surface area (Å²) < 4.78 is 17.4. The number of aromatic carboxylic acids is 1. The quantitative estimate of drug-likeness (QED) is 0.695. The van der Waals surface area contributed by atoms with Crippen LogP contribution in [0.3, 0.4) is 0 Å². The maximum atomic E-state index is 11.4. The van der Waals surface area contributed by atoms with Gasteiger partial charge in [-0.15, -0.1) is 0 Å². The molecule has 0 bridgehead atoms. The summed E-state index contributed by atoms with van der Waals surface area (Å²) in [4.78, 5) is 17.8. The lowest BCUT2D eigenvalue weighted by atomic mass is 9.88. The molecule has 2 aliphatic heterocycles. The Morgan fingerprint density at radius 3 is 2.52 bits per heavy atom. The second-order valence-corrected chi connectivity index (χ2v) is 7.78. The molecule has 2 saturated heterocycles. The lowest BCUT2D eigenvalue weighted by Crippen LogP contribution is -2.50. The number of benzene rings is 1. The van der Waals surface area contributed by atoms with Crippen LogP contribution < -0.4 is 9.64 Å². The number of pyridine rings is 1. The van der Waals surface area contributed by atoms with E-state index in [0.717, 1.165) is 37.2 Å². The Hall–Kier alpha value is -2.64. The van der Waals surface area contributed by atoms with Crippen LogP contribution in [-0.4, -0.2) is 55.6 Å². The Labute approximate surface area is 170 Å². The molecular weight excluding hydrogens is 372 g/mol. The predicted molar refractivity (Wildman–Crippen MR) is 107 cm³/mol. The van der Waals surface area contributed by atoms with Gasteiger partial charge >= 0.3 is 5.97 Å². The zero-order valence-electron chi connectivity index (χ0n) is 16.4. The number of ether oxygens (including phenoxy) is 3. The number of carboxylic acids is 1. The average molecular weight is 398 g/mol. The van der Waals surface area contributed by atoms with E-state index in [1.54, 1.807) is 6.07 Å². The molecule has 0 amide bonds. The van der Waals surface area contributed by atoms with Gasteiger partial charge in [-0.25, -0.2) is 9.78 Å². The summed E-state index contributed by atoms with van der Waals surface area (Å²) in [5.41, 5.74) is 1.73.